The third-order valence-corrected chi connectivity index (χ3v) is 6.14. The van der Waals surface area contributed by atoms with E-state index >= 15 is 0 Å². The zero-order chi connectivity index (χ0) is 20.3. The number of aromatic nitrogens is 2. The molecule has 0 bridgehead atoms. The monoisotopic (exact) mass is 385 g/mol. The van der Waals surface area contributed by atoms with Gasteiger partial charge in [-0.3, -0.25) is 4.79 Å². The summed E-state index contributed by atoms with van der Waals surface area (Å²) in [5.41, 5.74) is 3.23. The molecule has 0 radical (unpaired) electrons. The first-order valence-corrected chi connectivity index (χ1v) is 10.6. The second kappa shape index (κ2) is 8.89. The Balaban J connectivity index is 1.92. The highest BCUT2D eigenvalue weighted by Gasteiger charge is 2.31. The normalized spacial score (nSPS) is 22.2. The van der Waals surface area contributed by atoms with Crippen LogP contribution in [0.3, 0.4) is 0 Å². The number of carbonyl (C=O) groups is 1. The Labute approximate surface area is 167 Å². The molecule has 3 rings (SSSR count). The smallest absolute Gasteiger partial charge is 0.272 e. The van der Waals surface area contributed by atoms with E-state index in [1.807, 2.05) is 11.6 Å². The molecule has 1 aromatic heterocycles. The minimum absolute atomic E-state index is 0.0956. The van der Waals surface area contributed by atoms with Crippen LogP contribution in [0.5, 0.6) is 0 Å². The van der Waals surface area contributed by atoms with Gasteiger partial charge in [-0.25, -0.2) is 9.07 Å². The summed E-state index contributed by atoms with van der Waals surface area (Å²) < 4.78 is 15.2. The first-order chi connectivity index (χ1) is 13.4. The topological polar surface area (TPSA) is 46.9 Å². The van der Waals surface area contributed by atoms with E-state index in [1.165, 1.54) is 18.6 Å². The zero-order valence-corrected chi connectivity index (χ0v) is 17.5. The molecular formula is C23H32FN3O. The Morgan fingerprint density at radius 1 is 1.21 bits per heavy atom. The predicted molar refractivity (Wildman–Crippen MR) is 110 cm³/mol. The average Bonchev–Trinajstić information content (AvgIpc) is 3.00. The first kappa shape index (κ1) is 20.6. The van der Waals surface area contributed by atoms with Crippen molar-refractivity contribution in [2.45, 2.75) is 72.3 Å². The first-order valence-electron chi connectivity index (χ1n) is 10.6. The average molecular weight is 386 g/mol. The molecule has 1 aromatic carbocycles. The number of hydrogen-bond acceptors (Lipinski definition) is 2. The summed E-state index contributed by atoms with van der Waals surface area (Å²) in [6, 6.07) is 6.48. The summed E-state index contributed by atoms with van der Waals surface area (Å²) in [5, 5.41) is 7.92. The highest BCUT2D eigenvalue weighted by molar-refractivity contribution is 5.94. The van der Waals surface area contributed by atoms with E-state index in [0.717, 1.165) is 49.0 Å². The van der Waals surface area contributed by atoms with Crippen LogP contribution in [0.4, 0.5) is 4.39 Å². The summed E-state index contributed by atoms with van der Waals surface area (Å²) in [6.07, 6.45) is 6.46. The number of unbranched alkanes of at least 4 members (excludes halogenated alkanes) is 1. The molecule has 2 aromatic rings. The Morgan fingerprint density at radius 2 is 1.86 bits per heavy atom. The van der Waals surface area contributed by atoms with Crippen LogP contribution < -0.4 is 5.32 Å². The van der Waals surface area contributed by atoms with Crippen molar-refractivity contribution in [3.63, 3.8) is 0 Å². The number of nitrogens with zero attached hydrogens (tertiary/aromatic N) is 2. The van der Waals surface area contributed by atoms with E-state index in [4.69, 9.17) is 0 Å². The molecule has 152 valence electrons. The van der Waals surface area contributed by atoms with E-state index in [2.05, 4.69) is 31.2 Å². The SMILES string of the molecule is CCCCc1c(C)c(C(=O)NC2C(C)CCCC2C)nn1-c1ccc(F)cc1. The maximum absolute atomic E-state index is 13.4. The molecule has 2 unspecified atom stereocenters. The van der Waals surface area contributed by atoms with Crippen molar-refractivity contribution >= 4 is 5.91 Å². The molecule has 0 spiro atoms. The lowest BCUT2D eigenvalue weighted by Crippen LogP contribution is -2.46. The second-order valence-corrected chi connectivity index (χ2v) is 8.30. The molecule has 4 nitrogen and oxygen atoms in total. The fraction of sp³-hybridized carbons (Fsp3) is 0.565. The lowest BCUT2D eigenvalue weighted by atomic mass is 9.78. The molecular weight excluding hydrogens is 353 g/mol. The lowest BCUT2D eigenvalue weighted by molar-refractivity contribution is 0.0874. The van der Waals surface area contributed by atoms with Crippen LogP contribution in [0, 0.1) is 24.6 Å². The molecule has 0 aliphatic heterocycles. The van der Waals surface area contributed by atoms with Crippen LogP contribution in [-0.4, -0.2) is 21.7 Å². The van der Waals surface area contributed by atoms with Crippen LogP contribution in [0.1, 0.15) is 74.6 Å². The van der Waals surface area contributed by atoms with Crippen molar-refractivity contribution in [3.05, 3.63) is 47.0 Å². The quantitative estimate of drug-likeness (QED) is 0.741. The number of nitrogens with one attached hydrogen (secondary N) is 1. The van der Waals surface area contributed by atoms with Gasteiger partial charge in [0.05, 0.1) is 5.69 Å². The number of halogens is 1. The van der Waals surface area contributed by atoms with Crippen molar-refractivity contribution in [2.75, 3.05) is 0 Å². The largest absolute Gasteiger partial charge is 0.347 e. The van der Waals surface area contributed by atoms with Crippen LogP contribution in [0.15, 0.2) is 24.3 Å². The van der Waals surface area contributed by atoms with Gasteiger partial charge in [-0.15, -0.1) is 0 Å². The van der Waals surface area contributed by atoms with Crippen LogP contribution in [0.25, 0.3) is 5.69 Å². The minimum Gasteiger partial charge on any atom is -0.347 e. The van der Waals surface area contributed by atoms with Gasteiger partial charge in [0.2, 0.25) is 0 Å². The molecule has 1 saturated carbocycles. The Kier molecular flexibility index (Phi) is 6.53. The van der Waals surface area contributed by atoms with Crippen molar-refractivity contribution in [1.82, 2.24) is 15.1 Å². The minimum atomic E-state index is -0.277. The fourth-order valence-electron chi connectivity index (χ4n) is 4.37. The van der Waals surface area contributed by atoms with Crippen molar-refractivity contribution in [3.8, 4) is 5.69 Å². The summed E-state index contributed by atoms with van der Waals surface area (Å²) in [4.78, 5) is 13.1. The molecule has 5 heteroatoms. The van der Waals surface area contributed by atoms with Gasteiger partial charge in [0.15, 0.2) is 5.69 Å². The molecule has 28 heavy (non-hydrogen) atoms. The van der Waals surface area contributed by atoms with Gasteiger partial charge in [-0.1, -0.05) is 33.6 Å². The number of rotatable bonds is 6. The fourth-order valence-corrected chi connectivity index (χ4v) is 4.37. The van der Waals surface area contributed by atoms with E-state index in [0.29, 0.717) is 17.5 Å². The molecule has 1 fully saturated rings. The maximum atomic E-state index is 13.4. The summed E-state index contributed by atoms with van der Waals surface area (Å²) in [5.74, 6) is 0.584. The summed E-state index contributed by atoms with van der Waals surface area (Å²) >= 11 is 0. The number of benzene rings is 1. The van der Waals surface area contributed by atoms with Crippen LogP contribution in [-0.2, 0) is 6.42 Å². The van der Waals surface area contributed by atoms with Gasteiger partial charge in [-0.05, 0) is 68.7 Å². The van der Waals surface area contributed by atoms with E-state index < -0.39 is 0 Å². The van der Waals surface area contributed by atoms with Crippen molar-refractivity contribution in [1.29, 1.82) is 0 Å². The summed E-state index contributed by atoms with van der Waals surface area (Å²) in [7, 11) is 0. The lowest BCUT2D eigenvalue weighted by Gasteiger charge is -2.35. The molecule has 2 atom stereocenters. The van der Waals surface area contributed by atoms with Gasteiger partial charge in [-0.2, -0.15) is 5.10 Å². The van der Waals surface area contributed by atoms with Gasteiger partial charge in [0.1, 0.15) is 5.82 Å². The molecule has 1 aliphatic rings. The van der Waals surface area contributed by atoms with Gasteiger partial charge in [0.25, 0.3) is 5.91 Å². The molecule has 0 saturated heterocycles. The number of carbonyl (C=O) groups excluding carboxylic acids is 1. The van der Waals surface area contributed by atoms with E-state index in [1.54, 1.807) is 12.1 Å². The Hall–Kier alpha value is -2.17. The molecule has 1 amide bonds. The molecule has 1 aliphatic carbocycles. The summed E-state index contributed by atoms with van der Waals surface area (Å²) in [6.45, 7) is 8.56. The maximum Gasteiger partial charge on any atom is 0.272 e. The number of hydrogen-bond donors (Lipinski definition) is 1. The standard InChI is InChI=1S/C23H32FN3O/c1-5-6-10-20-17(4)22(26-27(20)19-13-11-18(24)12-14-19)23(28)25-21-15(2)8-7-9-16(21)3/h11-16,21H,5-10H2,1-4H3,(H,25,28). The van der Waals surface area contributed by atoms with Crippen molar-refractivity contribution < 1.29 is 9.18 Å². The highest BCUT2D eigenvalue weighted by Crippen LogP contribution is 2.29. The second-order valence-electron chi connectivity index (χ2n) is 8.30. The third-order valence-electron chi connectivity index (χ3n) is 6.14. The third kappa shape index (κ3) is 4.29. The Morgan fingerprint density at radius 3 is 2.46 bits per heavy atom. The van der Waals surface area contributed by atoms with Crippen LogP contribution >= 0.6 is 0 Å². The van der Waals surface area contributed by atoms with Gasteiger partial charge in [0, 0.05) is 17.3 Å². The number of amides is 1. The van der Waals surface area contributed by atoms with Crippen molar-refractivity contribution in [2.24, 2.45) is 11.8 Å². The highest BCUT2D eigenvalue weighted by atomic mass is 19.1. The van der Waals surface area contributed by atoms with Crippen LogP contribution in [0.2, 0.25) is 0 Å². The molecule has 1 N–H and O–H groups in total. The van der Waals surface area contributed by atoms with E-state index in [-0.39, 0.29) is 17.8 Å². The van der Waals surface area contributed by atoms with Gasteiger partial charge < -0.3 is 5.32 Å². The predicted octanol–water partition coefficient (Wildman–Crippen LogP) is 5.22. The Bertz CT molecular complexity index is 802. The zero-order valence-electron chi connectivity index (χ0n) is 17.5. The van der Waals surface area contributed by atoms with E-state index in [9.17, 15) is 9.18 Å². The van der Waals surface area contributed by atoms with Gasteiger partial charge >= 0.3 is 0 Å². The molecule has 1 heterocycles.